The zero-order chi connectivity index (χ0) is 19.0. The maximum Gasteiger partial charge on any atom is 0.254 e. The zero-order valence-corrected chi connectivity index (χ0v) is 16.0. The van der Waals surface area contributed by atoms with E-state index >= 15 is 0 Å². The minimum absolute atomic E-state index is 0.00329. The lowest BCUT2D eigenvalue weighted by molar-refractivity contribution is -0.139. The van der Waals surface area contributed by atoms with Gasteiger partial charge in [-0.25, -0.2) is 4.98 Å². The van der Waals surface area contributed by atoms with Crippen molar-refractivity contribution in [2.75, 3.05) is 20.1 Å². The van der Waals surface area contributed by atoms with Crippen molar-refractivity contribution in [1.82, 2.24) is 19.8 Å². The van der Waals surface area contributed by atoms with Crippen LogP contribution in [0.2, 0.25) is 0 Å². The molecule has 1 N–H and O–H groups in total. The number of benzene rings is 1. The number of carbonyl (C=O) groups excluding carboxylic acids is 1. The van der Waals surface area contributed by atoms with E-state index in [0.29, 0.717) is 5.82 Å². The summed E-state index contributed by atoms with van der Waals surface area (Å²) in [4.78, 5) is 36.1. The fraction of sp³-hybridized carbons (Fsp3) is 0.476. The number of likely N-dealkylation sites (N-methyl/N-ethyl adjacent to an activating group) is 1. The number of nitrogens with one attached hydrogen (secondary N) is 1. The van der Waals surface area contributed by atoms with Crippen molar-refractivity contribution in [2.24, 2.45) is 0 Å². The molecule has 0 radical (unpaired) electrons. The Morgan fingerprint density at radius 2 is 1.85 bits per heavy atom. The number of aromatic nitrogens is 2. The molecular weight excluding hydrogens is 340 g/mol. The van der Waals surface area contributed by atoms with E-state index in [1.165, 1.54) is 0 Å². The maximum absolute atomic E-state index is 12.3. The lowest BCUT2D eigenvalue weighted by Gasteiger charge is -2.37. The smallest absolute Gasteiger partial charge is 0.254 e. The highest BCUT2D eigenvalue weighted by molar-refractivity contribution is 5.81. The first-order valence-electron chi connectivity index (χ1n) is 9.73. The molecule has 1 aliphatic carbocycles. The molecule has 6 nitrogen and oxygen atoms in total. The van der Waals surface area contributed by atoms with Gasteiger partial charge in [-0.15, -0.1) is 0 Å². The summed E-state index contributed by atoms with van der Waals surface area (Å²) >= 11 is 0. The fourth-order valence-electron chi connectivity index (χ4n) is 4.02. The van der Waals surface area contributed by atoms with Crippen LogP contribution in [0.15, 0.2) is 29.1 Å². The van der Waals surface area contributed by atoms with Gasteiger partial charge in [0.1, 0.15) is 5.82 Å². The Labute approximate surface area is 159 Å². The van der Waals surface area contributed by atoms with E-state index in [-0.39, 0.29) is 17.5 Å². The Morgan fingerprint density at radius 3 is 2.63 bits per heavy atom. The van der Waals surface area contributed by atoms with Crippen LogP contribution in [0, 0.1) is 0 Å². The first-order chi connectivity index (χ1) is 13.0. The van der Waals surface area contributed by atoms with E-state index in [1.807, 2.05) is 26.1 Å². The van der Waals surface area contributed by atoms with E-state index in [2.05, 4.69) is 22.0 Å². The summed E-state index contributed by atoms with van der Waals surface area (Å²) in [7, 11) is 1.86. The lowest BCUT2D eigenvalue weighted by atomic mass is 9.97. The van der Waals surface area contributed by atoms with Crippen LogP contribution in [0.1, 0.15) is 36.6 Å². The molecule has 1 aromatic heterocycles. The van der Waals surface area contributed by atoms with Crippen LogP contribution in [0.5, 0.6) is 0 Å². The Bertz CT molecular complexity index is 903. The summed E-state index contributed by atoms with van der Waals surface area (Å²) in [5.41, 5.74) is 3.89. The van der Waals surface area contributed by atoms with Gasteiger partial charge in [0.05, 0.1) is 11.7 Å². The molecule has 0 spiro atoms. The molecule has 27 heavy (non-hydrogen) atoms. The normalized spacial score (nSPS) is 20.6. The molecule has 1 amide bonds. The Balaban J connectivity index is 1.52. The molecule has 0 bridgehead atoms. The average Bonchev–Trinajstić information content (AvgIpc) is 2.69. The summed E-state index contributed by atoms with van der Waals surface area (Å²) in [5, 5.41) is 0. The third kappa shape index (κ3) is 3.54. The van der Waals surface area contributed by atoms with Crippen LogP contribution in [0.3, 0.4) is 0 Å². The van der Waals surface area contributed by atoms with Gasteiger partial charge < -0.3 is 9.88 Å². The van der Waals surface area contributed by atoms with Crippen molar-refractivity contribution in [1.29, 1.82) is 0 Å². The average molecular weight is 366 g/mol. The predicted molar refractivity (Wildman–Crippen MR) is 104 cm³/mol. The summed E-state index contributed by atoms with van der Waals surface area (Å²) in [6.07, 6.45) is 3.89. The number of H-pyrrole nitrogens is 1. The number of hydrogen-bond donors (Lipinski definition) is 1. The summed E-state index contributed by atoms with van der Waals surface area (Å²) < 4.78 is 0. The van der Waals surface area contributed by atoms with Crippen LogP contribution < -0.4 is 5.56 Å². The monoisotopic (exact) mass is 366 g/mol. The number of hydrogen-bond acceptors (Lipinski definition) is 4. The van der Waals surface area contributed by atoms with Crippen molar-refractivity contribution in [2.45, 2.75) is 45.2 Å². The standard InChI is InChI=1S/C21H26N4O2/c1-14-21(27)24(2)11-12-25(14)13-15-7-9-16(10-8-15)19-22-18-6-4-3-5-17(18)20(26)23-19/h7-10,14H,3-6,11-13H2,1-2H3,(H,22,23,26). The number of amides is 1. The minimum Gasteiger partial charge on any atom is -0.343 e. The molecule has 2 heterocycles. The van der Waals surface area contributed by atoms with Gasteiger partial charge in [-0.3, -0.25) is 14.5 Å². The third-order valence-corrected chi connectivity index (χ3v) is 5.81. The van der Waals surface area contributed by atoms with Gasteiger partial charge in [0, 0.05) is 37.8 Å². The van der Waals surface area contributed by atoms with Gasteiger partial charge in [0.2, 0.25) is 5.91 Å². The second-order valence-electron chi connectivity index (χ2n) is 7.65. The van der Waals surface area contributed by atoms with Crippen LogP contribution in [0.4, 0.5) is 0 Å². The molecule has 4 rings (SSSR count). The number of aromatic amines is 1. The fourth-order valence-corrected chi connectivity index (χ4v) is 4.02. The number of nitrogens with zero attached hydrogens (tertiary/aromatic N) is 3. The van der Waals surface area contributed by atoms with Crippen LogP contribution in [-0.4, -0.2) is 51.9 Å². The molecule has 0 saturated carbocycles. The Kier molecular flexibility index (Phi) is 4.83. The highest BCUT2D eigenvalue weighted by Crippen LogP contribution is 2.21. The predicted octanol–water partition coefficient (Wildman–Crippen LogP) is 1.98. The summed E-state index contributed by atoms with van der Waals surface area (Å²) in [6.45, 7) is 4.36. The Morgan fingerprint density at radius 1 is 1.11 bits per heavy atom. The van der Waals surface area contributed by atoms with Gasteiger partial charge in [-0.05, 0) is 38.2 Å². The van der Waals surface area contributed by atoms with Gasteiger partial charge in [-0.2, -0.15) is 0 Å². The summed E-state index contributed by atoms with van der Waals surface area (Å²) in [6, 6.07) is 8.04. The van der Waals surface area contributed by atoms with Crippen molar-refractivity contribution < 1.29 is 4.79 Å². The SMILES string of the molecule is CC1C(=O)N(C)CCN1Cc1ccc(-c2nc3c(c(=O)[nH]2)CCCC3)cc1. The lowest BCUT2D eigenvalue weighted by Crippen LogP contribution is -2.53. The number of piperazine rings is 1. The van der Waals surface area contributed by atoms with Crippen molar-refractivity contribution in [3.63, 3.8) is 0 Å². The quantitative estimate of drug-likeness (QED) is 0.902. The molecule has 1 aliphatic heterocycles. The molecule has 6 heteroatoms. The van der Waals surface area contributed by atoms with Crippen LogP contribution in [0.25, 0.3) is 11.4 Å². The van der Waals surface area contributed by atoms with E-state index in [0.717, 1.165) is 67.7 Å². The van der Waals surface area contributed by atoms with Gasteiger partial charge in [-0.1, -0.05) is 24.3 Å². The van der Waals surface area contributed by atoms with Crippen molar-refractivity contribution >= 4 is 5.91 Å². The molecule has 1 unspecified atom stereocenters. The number of carbonyl (C=O) groups is 1. The third-order valence-electron chi connectivity index (χ3n) is 5.81. The first kappa shape index (κ1) is 17.9. The van der Waals surface area contributed by atoms with E-state index in [4.69, 9.17) is 4.98 Å². The van der Waals surface area contributed by atoms with Gasteiger partial charge in [0.25, 0.3) is 5.56 Å². The van der Waals surface area contributed by atoms with Crippen LogP contribution in [-0.2, 0) is 24.2 Å². The minimum atomic E-state index is -0.0953. The van der Waals surface area contributed by atoms with E-state index < -0.39 is 0 Å². The number of rotatable bonds is 3. The van der Waals surface area contributed by atoms with Crippen molar-refractivity contribution in [3.05, 3.63) is 51.4 Å². The van der Waals surface area contributed by atoms with E-state index in [1.54, 1.807) is 4.90 Å². The molecular formula is C21H26N4O2. The second-order valence-corrected chi connectivity index (χ2v) is 7.65. The van der Waals surface area contributed by atoms with E-state index in [9.17, 15) is 9.59 Å². The van der Waals surface area contributed by atoms with Crippen molar-refractivity contribution in [3.8, 4) is 11.4 Å². The second kappa shape index (κ2) is 7.27. The highest BCUT2D eigenvalue weighted by Gasteiger charge is 2.29. The first-order valence-corrected chi connectivity index (χ1v) is 9.73. The molecule has 142 valence electrons. The molecule has 1 fully saturated rings. The summed E-state index contributed by atoms with van der Waals surface area (Å²) in [5.74, 6) is 0.823. The Hall–Kier alpha value is -2.47. The largest absolute Gasteiger partial charge is 0.343 e. The van der Waals surface area contributed by atoms with Gasteiger partial charge >= 0.3 is 0 Å². The molecule has 2 aromatic rings. The highest BCUT2D eigenvalue weighted by atomic mass is 16.2. The molecule has 1 saturated heterocycles. The zero-order valence-electron chi connectivity index (χ0n) is 16.0. The van der Waals surface area contributed by atoms with Crippen LogP contribution >= 0.6 is 0 Å². The molecule has 1 atom stereocenters. The van der Waals surface area contributed by atoms with Gasteiger partial charge in [0.15, 0.2) is 0 Å². The number of aryl methyl sites for hydroxylation is 1. The number of fused-ring (bicyclic) bond motifs is 1. The topological polar surface area (TPSA) is 69.3 Å². The molecule has 2 aliphatic rings. The maximum atomic E-state index is 12.3. The molecule has 1 aromatic carbocycles.